The van der Waals surface area contributed by atoms with Crippen LogP contribution in [0.3, 0.4) is 0 Å². The average Bonchev–Trinajstić information content (AvgIpc) is 2.52. The van der Waals surface area contributed by atoms with Crippen LogP contribution in [0.15, 0.2) is 54.6 Å². The first-order valence-electron chi connectivity index (χ1n) is 6.58. The summed E-state index contributed by atoms with van der Waals surface area (Å²) >= 11 is 0. The zero-order valence-corrected chi connectivity index (χ0v) is 11.8. The zero-order chi connectivity index (χ0) is 16.1. The predicted octanol–water partition coefficient (Wildman–Crippen LogP) is 3.21. The topological polar surface area (TPSA) is 87.1 Å². The molecule has 0 aromatic heterocycles. The van der Waals surface area contributed by atoms with Crippen LogP contribution in [0.1, 0.15) is 28.9 Å². The Morgan fingerprint density at radius 1 is 1.05 bits per heavy atom. The van der Waals surface area contributed by atoms with Crippen LogP contribution in [0.5, 0.6) is 5.75 Å². The highest BCUT2D eigenvalue weighted by Gasteiger charge is 2.27. The summed E-state index contributed by atoms with van der Waals surface area (Å²) in [4.78, 5) is 28.3. The Morgan fingerprint density at radius 2 is 1.64 bits per heavy atom. The van der Waals surface area contributed by atoms with Gasteiger partial charge in [-0.05, 0) is 24.6 Å². The summed E-state index contributed by atoms with van der Waals surface area (Å²) in [6.07, 6.45) is -1.40. The van der Waals surface area contributed by atoms with Crippen molar-refractivity contribution in [3.05, 3.63) is 65.7 Å². The van der Waals surface area contributed by atoms with Gasteiger partial charge in [-0.2, -0.15) is 0 Å². The minimum atomic E-state index is -1.40. The number of hydroxylamine groups is 2. The number of rotatable bonds is 3. The summed E-state index contributed by atoms with van der Waals surface area (Å²) in [5.41, 5.74) is 0.573. The van der Waals surface area contributed by atoms with E-state index in [1.807, 2.05) is 0 Å². The minimum absolute atomic E-state index is 0.103. The third-order valence-corrected chi connectivity index (χ3v) is 3.13. The first-order chi connectivity index (χ1) is 10.5. The smallest absolute Gasteiger partial charge is 0.441 e. The van der Waals surface area contributed by atoms with Crippen molar-refractivity contribution in [2.45, 2.75) is 13.0 Å². The third-order valence-electron chi connectivity index (χ3n) is 3.13. The van der Waals surface area contributed by atoms with Crippen LogP contribution in [0.25, 0.3) is 0 Å². The molecular weight excluding hydrogens is 286 g/mol. The fraction of sp³-hybridized carbons (Fsp3) is 0.125. The van der Waals surface area contributed by atoms with Crippen molar-refractivity contribution < 1.29 is 24.6 Å². The maximum atomic E-state index is 12.0. The van der Waals surface area contributed by atoms with E-state index in [0.717, 1.165) is 0 Å². The van der Waals surface area contributed by atoms with Crippen molar-refractivity contribution in [3.8, 4) is 5.75 Å². The van der Waals surface area contributed by atoms with Gasteiger partial charge in [0.25, 0.3) is 0 Å². The second-order valence-corrected chi connectivity index (χ2v) is 4.59. The fourth-order valence-corrected chi connectivity index (χ4v) is 1.94. The Kier molecular flexibility index (Phi) is 4.63. The molecule has 6 nitrogen and oxygen atoms in total. The molecule has 2 rings (SSSR count). The van der Waals surface area contributed by atoms with E-state index in [0.29, 0.717) is 10.6 Å². The lowest BCUT2D eigenvalue weighted by Crippen LogP contribution is -2.34. The molecule has 1 unspecified atom stereocenters. The van der Waals surface area contributed by atoms with Gasteiger partial charge in [0.05, 0.1) is 6.04 Å². The molecule has 0 saturated heterocycles. The lowest BCUT2D eigenvalue weighted by atomic mass is 10.1. The van der Waals surface area contributed by atoms with Crippen LogP contribution < -0.4 is 0 Å². The molecule has 0 bridgehead atoms. The molecule has 1 atom stereocenters. The maximum absolute atomic E-state index is 12.0. The molecule has 0 saturated carbocycles. The molecule has 6 heteroatoms. The van der Waals surface area contributed by atoms with Crippen molar-refractivity contribution in [2.24, 2.45) is 0 Å². The standard InChI is InChI=1S/C16H15NO5/c1-11(12-7-3-2-4-8-12)17(16(20)21)22-15(19)13-9-5-6-10-14(13)18/h2-11,18H,1H3,(H,20,21). The van der Waals surface area contributed by atoms with Gasteiger partial charge in [0.2, 0.25) is 0 Å². The molecule has 2 N–H and O–H groups in total. The molecule has 0 aliphatic carbocycles. The molecule has 1 amide bonds. The molecule has 0 radical (unpaired) electrons. The summed E-state index contributed by atoms with van der Waals surface area (Å²) < 4.78 is 0. The molecule has 114 valence electrons. The van der Waals surface area contributed by atoms with Crippen molar-refractivity contribution in [2.75, 3.05) is 0 Å². The van der Waals surface area contributed by atoms with E-state index in [9.17, 15) is 19.8 Å². The molecule has 22 heavy (non-hydrogen) atoms. The summed E-state index contributed by atoms with van der Waals surface area (Å²) in [7, 11) is 0. The molecular formula is C16H15NO5. The first kappa shape index (κ1) is 15.4. The van der Waals surface area contributed by atoms with Crippen molar-refractivity contribution in [1.29, 1.82) is 0 Å². The van der Waals surface area contributed by atoms with Gasteiger partial charge in [0, 0.05) is 0 Å². The van der Waals surface area contributed by atoms with Gasteiger partial charge in [-0.25, -0.2) is 9.59 Å². The number of aromatic hydroxyl groups is 1. The predicted molar refractivity (Wildman–Crippen MR) is 78.2 cm³/mol. The van der Waals surface area contributed by atoms with E-state index in [2.05, 4.69) is 0 Å². The van der Waals surface area contributed by atoms with E-state index < -0.39 is 18.1 Å². The molecule has 2 aromatic carbocycles. The van der Waals surface area contributed by atoms with Gasteiger partial charge >= 0.3 is 12.1 Å². The number of carbonyl (C=O) groups excluding carboxylic acids is 1. The number of amides is 1. The fourth-order valence-electron chi connectivity index (χ4n) is 1.94. The van der Waals surface area contributed by atoms with Gasteiger partial charge in [0.15, 0.2) is 0 Å². The second kappa shape index (κ2) is 6.62. The van der Waals surface area contributed by atoms with E-state index in [4.69, 9.17) is 4.84 Å². The average molecular weight is 301 g/mol. The first-order valence-corrected chi connectivity index (χ1v) is 6.58. The summed E-state index contributed by atoms with van der Waals surface area (Å²) in [5.74, 6) is -1.21. The van der Waals surface area contributed by atoms with Crippen LogP contribution in [0.4, 0.5) is 4.79 Å². The van der Waals surface area contributed by atoms with Gasteiger partial charge in [-0.3, -0.25) is 0 Å². The van der Waals surface area contributed by atoms with E-state index in [1.54, 1.807) is 49.4 Å². The van der Waals surface area contributed by atoms with Crippen LogP contribution in [-0.2, 0) is 4.84 Å². The number of benzene rings is 2. The van der Waals surface area contributed by atoms with E-state index in [1.165, 1.54) is 12.1 Å². The van der Waals surface area contributed by atoms with Gasteiger partial charge in [-0.1, -0.05) is 42.5 Å². The van der Waals surface area contributed by atoms with Crippen molar-refractivity contribution in [1.82, 2.24) is 5.06 Å². The van der Waals surface area contributed by atoms with E-state index >= 15 is 0 Å². The van der Waals surface area contributed by atoms with Crippen LogP contribution in [0, 0.1) is 0 Å². The minimum Gasteiger partial charge on any atom is -0.507 e. The number of carboxylic acid groups (broad SMARTS) is 1. The molecule has 2 aromatic rings. The zero-order valence-electron chi connectivity index (χ0n) is 11.8. The van der Waals surface area contributed by atoms with Crippen molar-refractivity contribution in [3.63, 3.8) is 0 Å². The highest BCUT2D eigenvalue weighted by molar-refractivity contribution is 5.92. The Morgan fingerprint density at radius 3 is 2.23 bits per heavy atom. The SMILES string of the molecule is CC(c1ccccc1)N(OC(=O)c1ccccc1O)C(=O)O. The van der Waals surface area contributed by atoms with Crippen LogP contribution >= 0.6 is 0 Å². The Balaban J connectivity index is 2.21. The number of hydrogen-bond donors (Lipinski definition) is 2. The molecule has 0 spiro atoms. The van der Waals surface area contributed by atoms with Gasteiger partial charge < -0.3 is 15.1 Å². The summed E-state index contributed by atoms with van der Waals surface area (Å²) in [6, 6.07) is 13.9. The quantitative estimate of drug-likeness (QED) is 0.850. The normalized spacial score (nSPS) is 11.5. The Bertz CT molecular complexity index is 671. The number of para-hydroxylation sites is 1. The highest BCUT2D eigenvalue weighted by Crippen LogP contribution is 2.23. The Hall–Kier alpha value is -3.02. The summed E-state index contributed by atoms with van der Waals surface area (Å²) in [5, 5.41) is 19.4. The number of carbonyl (C=O) groups is 2. The summed E-state index contributed by atoms with van der Waals surface area (Å²) in [6.45, 7) is 1.60. The lowest BCUT2D eigenvalue weighted by Gasteiger charge is -2.24. The second-order valence-electron chi connectivity index (χ2n) is 4.59. The molecule has 0 heterocycles. The number of hydrogen-bond acceptors (Lipinski definition) is 4. The van der Waals surface area contributed by atoms with E-state index in [-0.39, 0.29) is 11.3 Å². The Labute approximate surface area is 127 Å². The van der Waals surface area contributed by atoms with Crippen molar-refractivity contribution >= 4 is 12.1 Å². The van der Waals surface area contributed by atoms with Gasteiger partial charge in [-0.15, -0.1) is 5.06 Å². The molecule has 0 aliphatic heterocycles. The highest BCUT2D eigenvalue weighted by atomic mass is 16.7. The lowest BCUT2D eigenvalue weighted by molar-refractivity contribution is -0.110. The van der Waals surface area contributed by atoms with Crippen LogP contribution in [0.2, 0.25) is 0 Å². The molecule has 0 fully saturated rings. The molecule has 0 aliphatic rings. The number of phenols is 1. The third kappa shape index (κ3) is 3.35. The van der Waals surface area contributed by atoms with Crippen LogP contribution in [-0.4, -0.2) is 27.3 Å². The maximum Gasteiger partial charge on any atom is 0.441 e. The monoisotopic (exact) mass is 301 g/mol. The number of nitrogens with zero attached hydrogens (tertiary/aromatic N) is 1. The van der Waals surface area contributed by atoms with Gasteiger partial charge in [0.1, 0.15) is 11.3 Å². The largest absolute Gasteiger partial charge is 0.507 e. The number of phenolic OH excluding ortho intramolecular Hbond substituents is 1.